The average Bonchev–Trinajstić information content (AvgIpc) is 2.39. The predicted molar refractivity (Wildman–Crippen MR) is 71.6 cm³/mol. The van der Waals surface area contributed by atoms with Gasteiger partial charge in [0.1, 0.15) is 5.92 Å². The van der Waals surface area contributed by atoms with Crippen LogP contribution in [0.15, 0.2) is 23.3 Å². The van der Waals surface area contributed by atoms with Gasteiger partial charge in [-0.1, -0.05) is 0 Å². The molecule has 1 aromatic rings. The number of ketones is 1. The van der Waals surface area contributed by atoms with Crippen molar-refractivity contribution >= 4 is 35.5 Å². The van der Waals surface area contributed by atoms with E-state index in [-0.39, 0.29) is 11.7 Å². The van der Waals surface area contributed by atoms with Crippen molar-refractivity contribution in [1.82, 2.24) is 10.3 Å². The van der Waals surface area contributed by atoms with Crippen LogP contribution in [-0.4, -0.2) is 41.4 Å². The van der Waals surface area contributed by atoms with Crippen molar-refractivity contribution in [3.63, 3.8) is 0 Å². The summed E-state index contributed by atoms with van der Waals surface area (Å²) in [5.74, 6) is -0.164. The fourth-order valence-corrected chi connectivity index (χ4v) is 1.95. The van der Waals surface area contributed by atoms with Crippen molar-refractivity contribution in [2.45, 2.75) is 0 Å². The van der Waals surface area contributed by atoms with Crippen molar-refractivity contribution < 1.29 is 9.59 Å². The van der Waals surface area contributed by atoms with Crippen molar-refractivity contribution in [2.24, 2.45) is 10.9 Å². The van der Waals surface area contributed by atoms with Gasteiger partial charge in [0.05, 0.1) is 5.56 Å². The first-order valence-electron chi connectivity index (χ1n) is 5.54. The summed E-state index contributed by atoms with van der Waals surface area (Å²) >= 11 is 1.64. The fraction of sp³-hybridized carbons (Fsp3) is 0.333. The Bertz CT molecular complexity index is 502. The molecule has 1 unspecified atom stereocenters. The number of fused-ring (bicyclic) bond motifs is 1. The van der Waals surface area contributed by atoms with Gasteiger partial charge in [0.15, 0.2) is 11.6 Å². The molecule has 0 bridgehead atoms. The lowest BCUT2D eigenvalue weighted by molar-refractivity contribution is -0.121. The first-order valence-corrected chi connectivity index (χ1v) is 6.93. The molecule has 0 saturated heterocycles. The summed E-state index contributed by atoms with van der Waals surface area (Å²) in [5, 5.41) is 2.72. The average molecular weight is 263 g/mol. The molecule has 0 radical (unpaired) electrons. The second kappa shape index (κ2) is 5.77. The van der Waals surface area contributed by atoms with E-state index in [4.69, 9.17) is 0 Å². The van der Waals surface area contributed by atoms with Crippen LogP contribution in [0.25, 0.3) is 0 Å². The monoisotopic (exact) mass is 263 g/mol. The standard InChI is InChI=1S/C12H13N3O2S/c1-18-6-5-14-12(17)9-7-15-11-8(10(9)16)3-2-4-13-11/h2-4,7,9H,5-6H2,1H3,(H,14,17). The number of carbonyl (C=O) groups is 2. The zero-order valence-electron chi connectivity index (χ0n) is 9.92. The number of nitrogens with zero attached hydrogens (tertiary/aromatic N) is 2. The molecule has 1 aromatic heterocycles. The van der Waals surface area contributed by atoms with Crippen LogP contribution in [0.5, 0.6) is 0 Å². The molecular weight excluding hydrogens is 250 g/mol. The number of aromatic nitrogens is 1. The second-order valence-corrected chi connectivity index (χ2v) is 4.76. The molecule has 0 fully saturated rings. The van der Waals surface area contributed by atoms with E-state index in [1.807, 2.05) is 6.26 Å². The number of thioether (sulfide) groups is 1. The van der Waals surface area contributed by atoms with Crippen LogP contribution >= 0.6 is 11.8 Å². The van der Waals surface area contributed by atoms with E-state index < -0.39 is 5.92 Å². The number of rotatable bonds is 4. The van der Waals surface area contributed by atoms with Crippen LogP contribution in [0.1, 0.15) is 10.4 Å². The zero-order valence-corrected chi connectivity index (χ0v) is 10.7. The summed E-state index contributed by atoms with van der Waals surface area (Å²) in [5.41, 5.74) is 0.407. The Balaban J connectivity index is 2.10. The van der Waals surface area contributed by atoms with Crippen LogP contribution in [0.2, 0.25) is 0 Å². The Labute approximate surface area is 109 Å². The number of nitrogens with one attached hydrogen (secondary N) is 1. The molecular formula is C12H13N3O2S. The van der Waals surface area contributed by atoms with Gasteiger partial charge in [-0.15, -0.1) is 0 Å². The first kappa shape index (κ1) is 12.8. The van der Waals surface area contributed by atoms with Crippen LogP contribution in [0.3, 0.4) is 0 Å². The summed E-state index contributed by atoms with van der Waals surface area (Å²) < 4.78 is 0. The number of hydrogen-bond acceptors (Lipinski definition) is 5. The molecule has 1 aliphatic rings. The lowest BCUT2D eigenvalue weighted by Gasteiger charge is -2.16. The zero-order chi connectivity index (χ0) is 13.0. The molecule has 0 saturated carbocycles. The highest BCUT2D eigenvalue weighted by Gasteiger charge is 2.30. The minimum absolute atomic E-state index is 0.241. The highest BCUT2D eigenvalue weighted by atomic mass is 32.2. The van der Waals surface area contributed by atoms with Gasteiger partial charge in [-0.3, -0.25) is 9.59 Å². The van der Waals surface area contributed by atoms with Gasteiger partial charge in [-0.25, -0.2) is 9.98 Å². The summed E-state index contributed by atoms with van der Waals surface area (Å²) in [6, 6.07) is 3.31. The van der Waals surface area contributed by atoms with Crippen LogP contribution in [0.4, 0.5) is 5.82 Å². The van der Waals surface area contributed by atoms with Crippen molar-refractivity contribution in [1.29, 1.82) is 0 Å². The number of hydrogen-bond donors (Lipinski definition) is 1. The van der Waals surface area contributed by atoms with E-state index in [2.05, 4.69) is 15.3 Å². The van der Waals surface area contributed by atoms with Crippen molar-refractivity contribution in [3.8, 4) is 0 Å². The topological polar surface area (TPSA) is 71.4 Å². The largest absolute Gasteiger partial charge is 0.354 e. The fourth-order valence-electron chi connectivity index (χ4n) is 1.65. The second-order valence-electron chi connectivity index (χ2n) is 3.78. The molecule has 1 atom stereocenters. The van der Waals surface area contributed by atoms with Crippen LogP contribution in [0, 0.1) is 5.92 Å². The smallest absolute Gasteiger partial charge is 0.236 e. The normalized spacial score (nSPS) is 17.4. The third kappa shape index (κ3) is 2.59. The molecule has 2 rings (SSSR count). The van der Waals surface area contributed by atoms with E-state index >= 15 is 0 Å². The Hall–Kier alpha value is -1.69. The van der Waals surface area contributed by atoms with Gasteiger partial charge in [0.2, 0.25) is 5.91 Å². The Morgan fingerprint density at radius 2 is 2.39 bits per heavy atom. The first-order chi connectivity index (χ1) is 8.74. The van der Waals surface area contributed by atoms with Gasteiger partial charge >= 0.3 is 0 Å². The maximum absolute atomic E-state index is 12.1. The number of aliphatic imine (C=N–C) groups is 1. The van der Waals surface area contributed by atoms with E-state index in [1.165, 1.54) is 6.21 Å². The van der Waals surface area contributed by atoms with Crippen LogP contribution in [-0.2, 0) is 4.79 Å². The Morgan fingerprint density at radius 1 is 1.56 bits per heavy atom. The van der Waals surface area contributed by atoms with E-state index in [9.17, 15) is 9.59 Å². The van der Waals surface area contributed by atoms with Gasteiger partial charge in [0, 0.05) is 24.7 Å². The molecule has 0 aliphatic carbocycles. The summed E-state index contributed by atoms with van der Waals surface area (Å²) in [6.45, 7) is 0.553. The number of Topliss-reactive ketones (excluding diaryl/α,β-unsaturated/α-hetero) is 1. The molecule has 1 aliphatic heterocycles. The Kier molecular flexibility index (Phi) is 4.09. The molecule has 94 valence electrons. The molecule has 18 heavy (non-hydrogen) atoms. The summed E-state index contributed by atoms with van der Waals surface area (Å²) in [6.07, 6.45) is 4.90. The quantitative estimate of drug-likeness (QED) is 0.651. The summed E-state index contributed by atoms with van der Waals surface area (Å²) in [4.78, 5) is 32.0. The van der Waals surface area contributed by atoms with Gasteiger partial charge in [-0.05, 0) is 18.4 Å². The number of pyridine rings is 1. The highest BCUT2D eigenvalue weighted by molar-refractivity contribution is 7.98. The van der Waals surface area contributed by atoms with Crippen LogP contribution < -0.4 is 5.32 Å². The van der Waals surface area contributed by atoms with Gasteiger partial charge < -0.3 is 5.32 Å². The van der Waals surface area contributed by atoms with E-state index in [0.717, 1.165) is 5.75 Å². The maximum Gasteiger partial charge on any atom is 0.236 e. The van der Waals surface area contributed by atoms with Crippen molar-refractivity contribution in [3.05, 3.63) is 23.9 Å². The third-order valence-electron chi connectivity index (χ3n) is 2.57. The SMILES string of the molecule is CSCCNC(=O)C1C=Nc2ncccc2C1=O. The maximum atomic E-state index is 12.1. The minimum atomic E-state index is -0.830. The van der Waals surface area contributed by atoms with Crippen molar-refractivity contribution in [2.75, 3.05) is 18.6 Å². The lowest BCUT2D eigenvalue weighted by atomic mass is 9.96. The number of amides is 1. The van der Waals surface area contributed by atoms with E-state index in [1.54, 1.807) is 30.1 Å². The van der Waals surface area contributed by atoms with Gasteiger partial charge in [-0.2, -0.15) is 11.8 Å². The summed E-state index contributed by atoms with van der Waals surface area (Å²) in [7, 11) is 0. The minimum Gasteiger partial charge on any atom is -0.354 e. The predicted octanol–water partition coefficient (Wildman–Crippen LogP) is 1.08. The molecule has 1 amide bonds. The third-order valence-corrected chi connectivity index (χ3v) is 3.18. The highest BCUT2D eigenvalue weighted by Crippen LogP contribution is 2.23. The molecule has 2 heterocycles. The Morgan fingerprint density at radius 3 is 3.17 bits per heavy atom. The molecule has 5 nitrogen and oxygen atoms in total. The van der Waals surface area contributed by atoms with Gasteiger partial charge in [0.25, 0.3) is 0 Å². The number of carbonyl (C=O) groups excluding carboxylic acids is 2. The molecule has 6 heteroatoms. The molecule has 0 aromatic carbocycles. The molecule has 0 spiro atoms. The molecule has 1 N–H and O–H groups in total. The van der Waals surface area contributed by atoms with E-state index in [0.29, 0.717) is 17.9 Å². The lowest BCUT2D eigenvalue weighted by Crippen LogP contribution is -2.38.